The van der Waals surface area contributed by atoms with E-state index in [2.05, 4.69) is 25.6 Å². The van der Waals surface area contributed by atoms with Crippen LogP contribution in [0.25, 0.3) is 0 Å². The lowest BCUT2D eigenvalue weighted by Crippen LogP contribution is -2.14. The van der Waals surface area contributed by atoms with Gasteiger partial charge >= 0.3 is 0 Å². The van der Waals surface area contributed by atoms with E-state index in [0.717, 1.165) is 16.0 Å². The largest absolute Gasteiger partial charge is 0.382 e. The summed E-state index contributed by atoms with van der Waals surface area (Å²) in [4.78, 5) is 11.2. The number of nitrogens with two attached hydrogens (primary N) is 2. The molecule has 0 bridgehead atoms. The van der Waals surface area contributed by atoms with E-state index in [9.17, 15) is 9.18 Å². The summed E-state index contributed by atoms with van der Waals surface area (Å²) >= 11 is 4.36. The smallest absolute Gasteiger partial charge is 0.255 e. The van der Waals surface area contributed by atoms with Crippen molar-refractivity contribution in [2.24, 2.45) is 5.73 Å². The third-order valence-corrected chi connectivity index (χ3v) is 4.00. The Morgan fingerprint density at radius 2 is 2.26 bits per heavy atom. The quantitative estimate of drug-likeness (QED) is 0.793. The van der Waals surface area contributed by atoms with Gasteiger partial charge in [0.25, 0.3) is 5.91 Å². The molecule has 0 fully saturated rings. The molecule has 0 atom stereocenters. The Morgan fingerprint density at radius 1 is 1.53 bits per heavy atom. The predicted molar refractivity (Wildman–Crippen MR) is 76.5 cm³/mol. The second-order valence-corrected chi connectivity index (χ2v) is 5.35. The van der Waals surface area contributed by atoms with E-state index >= 15 is 0 Å². The fourth-order valence-corrected chi connectivity index (χ4v) is 2.62. The molecule has 5 nitrogen and oxygen atoms in total. The molecule has 0 unspecified atom stereocenters. The molecule has 0 spiro atoms. The number of rotatable bonds is 4. The minimum atomic E-state index is -0.646. The highest BCUT2D eigenvalue weighted by Crippen LogP contribution is 2.27. The first-order valence-electron chi connectivity index (χ1n) is 5.21. The molecule has 0 aliphatic heterocycles. The second-order valence-electron chi connectivity index (χ2n) is 3.73. The van der Waals surface area contributed by atoms with Gasteiger partial charge in [0, 0.05) is 11.0 Å². The number of benzene rings is 1. The maximum absolute atomic E-state index is 13.1. The highest BCUT2D eigenvalue weighted by molar-refractivity contribution is 9.10. The predicted octanol–water partition coefficient (Wildman–Crippen LogP) is 2.34. The van der Waals surface area contributed by atoms with Gasteiger partial charge in [-0.3, -0.25) is 4.79 Å². The van der Waals surface area contributed by atoms with Gasteiger partial charge in [0.2, 0.25) is 0 Å². The summed E-state index contributed by atoms with van der Waals surface area (Å²) in [5, 5.41) is 3.45. The van der Waals surface area contributed by atoms with Crippen LogP contribution in [0.4, 0.5) is 15.2 Å². The molecule has 0 saturated heterocycles. The first-order chi connectivity index (χ1) is 8.99. The summed E-state index contributed by atoms with van der Waals surface area (Å²) in [5.74, 6) is -0.885. The molecule has 8 heteroatoms. The van der Waals surface area contributed by atoms with Crippen molar-refractivity contribution in [1.29, 1.82) is 0 Å². The van der Waals surface area contributed by atoms with Crippen LogP contribution in [0.2, 0.25) is 0 Å². The van der Waals surface area contributed by atoms with E-state index in [4.69, 9.17) is 11.5 Å². The maximum Gasteiger partial charge on any atom is 0.255 e. The fraction of sp³-hybridized carbons (Fsp3) is 0.0909. The summed E-state index contributed by atoms with van der Waals surface area (Å²) in [6.45, 7) is 0.320. The number of nitrogens with one attached hydrogen (secondary N) is 1. The van der Waals surface area contributed by atoms with Crippen LogP contribution in [-0.4, -0.2) is 10.3 Å². The molecule has 1 aromatic heterocycles. The highest BCUT2D eigenvalue weighted by atomic mass is 79.9. The topological polar surface area (TPSA) is 94.0 Å². The van der Waals surface area contributed by atoms with Gasteiger partial charge in [-0.05, 0) is 35.3 Å². The molecule has 1 amide bonds. The minimum Gasteiger partial charge on any atom is -0.382 e. The first kappa shape index (κ1) is 13.8. The van der Waals surface area contributed by atoms with Crippen molar-refractivity contribution in [1.82, 2.24) is 4.37 Å². The Morgan fingerprint density at radius 3 is 2.95 bits per heavy atom. The van der Waals surface area contributed by atoms with Gasteiger partial charge in [0.05, 0.1) is 0 Å². The lowest BCUT2D eigenvalue weighted by Gasteiger charge is -2.07. The van der Waals surface area contributed by atoms with Crippen molar-refractivity contribution in [2.45, 2.75) is 6.54 Å². The summed E-state index contributed by atoms with van der Waals surface area (Å²) < 4.78 is 17.8. The van der Waals surface area contributed by atoms with Crippen molar-refractivity contribution in [3.8, 4) is 0 Å². The highest BCUT2D eigenvalue weighted by Gasteiger charge is 2.16. The van der Waals surface area contributed by atoms with Crippen LogP contribution < -0.4 is 16.8 Å². The van der Waals surface area contributed by atoms with E-state index in [1.54, 1.807) is 6.07 Å². The van der Waals surface area contributed by atoms with Gasteiger partial charge in [-0.1, -0.05) is 15.9 Å². The molecule has 0 radical (unpaired) electrons. The van der Waals surface area contributed by atoms with Gasteiger partial charge in [-0.15, -0.1) is 0 Å². The zero-order valence-electron chi connectivity index (χ0n) is 9.61. The van der Waals surface area contributed by atoms with E-state index in [-0.39, 0.29) is 17.2 Å². The monoisotopic (exact) mass is 344 g/mol. The molecule has 2 rings (SSSR count). The Kier molecular flexibility index (Phi) is 4.01. The number of nitrogens with zero attached hydrogens (tertiary/aromatic N) is 1. The van der Waals surface area contributed by atoms with Crippen LogP contribution in [0.5, 0.6) is 0 Å². The van der Waals surface area contributed by atoms with E-state index < -0.39 is 5.91 Å². The number of primary amides is 1. The molecule has 1 aromatic carbocycles. The molecular weight excluding hydrogens is 335 g/mol. The normalized spacial score (nSPS) is 10.4. The van der Waals surface area contributed by atoms with E-state index in [1.165, 1.54) is 12.1 Å². The number of nitrogen functional groups attached to an aromatic ring is 1. The van der Waals surface area contributed by atoms with Crippen molar-refractivity contribution in [3.05, 3.63) is 39.6 Å². The molecule has 1 heterocycles. The standard InChI is InChI=1S/C11H10BrFN4OS/c12-7-2-1-6(13)3-5(7)4-16-11-8(10(15)18)9(14)17-19-11/h1-3,16H,4H2,(H2,14,17)(H2,15,18). The van der Waals surface area contributed by atoms with E-state index in [1.807, 2.05) is 0 Å². The zero-order chi connectivity index (χ0) is 14.0. The van der Waals surface area contributed by atoms with Crippen LogP contribution in [-0.2, 0) is 6.54 Å². The van der Waals surface area contributed by atoms with Crippen molar-refractivity contribution in [2.75, 3.05) is 11.1 Å². The Hall–Kier alpha value is -1.67. The maximum atomic E-state index is 13.1. The molecule has 5 N–H and O–H groups in total. The number of amides is 1. The second kappa shape index (κ2) is 5.54. The molecular formula is C11H10BrFN4OS. The van der Waals surface area contributed by atoms with Gasteiger partial charge in [-0.25, -0.2) is 4.39 Å². The first-order valence-corrected chi connectivity index (χ1v) is 6.78. The number of hydrogen-bond donors (Lipinski definition) is 3. The van der Waals surface area contributed by atoms with Gasteiger partial charge in [0.1, 0.15) is 16.4 Å². The van der Waals surface area contributed by atoms with Crippen LogP contribution >= 0.6 is 27.5 Å². The Bertz CT molecular complexity index is 631. The number of halogens is 2. The van der Waals surface area contributed by atoms with Crippen molar-refractivity contribution >= 4 is 44.2 Å². The number of aromatic nitrogens is 1. The van der Waals surface area contributed by atoms with Gasteiger partial charge < -0.3 is 16.8 Å². The molecule has 19 heavy (non-hydrogen) atoms. The SMILES string of the molecule is NC(=O)c1c(N)nsc1NCc1cc(F)ccc1Br. The number of carbonyl (C=O) groups excluding carboxylic acids is 1. The summed E-state index contributed by atoms with van der Waals surface area (Å²) in [5.41, 5.74) is 11.7. The van der Waals surface area contributed by atoms with Crippen LogP contribution in [0.3, 0.4) is 0 Å². The van der Waals surface area contributed by atoms with Crippen molar-refractivity contribution < 1.29 is 9.18 Å². The molecule has 0 aliphatic rings. The molecule has 0 aliphatic carbocycles. The Labute approximate surface area is 121 Å². The van der Waals surface area contributed by atoms with Gasteiger partial charge in [0.15, 0.2) is 5.82 Å². The summed E-state index contributed by atoms with van der Waals surface area (Å²) in [6.07, 6.45) is 0. The van der Waals surface area contributed by atoms with Crippen LogP contribution in [0, 0.1) is 5.82 Å². The minimum absolute atomic E-state index is 0.0957. The molecule has 100 valence electrons. The Balaban J connectivity index is 2.19. The third-order valence-electron chi connectivity index (χ3n) is 2.41. The van der Waals surface area contributed by atoms with E-state index in [0.29, 0.717) is 17.1 Å². The number of anilines is 2. The van der Waals surface area contributed by atoms with Crippen LogP contribution in [0.1, 0.15) is 15.9 Å². The average molecular weight is 345 g/mol. The van der Waals surface area contributed by atoms with Gasteiger partial charge in [-0.2, -0.15) is 4.37 Å². The summed E-state index contributed by atoms with van der Waals surface area (Å²) in [7, 11) is 0. The average Bonchev–Trinajstić information content (AvgIpc) is 2.72. The lowest BCUT2D eigenvalue weighted by molar-refractivity contribution is 0.100. The lowest BCUT2D eigenvalue weighted by atomic mass is 10.2. The fourth-order valence-electron chi connectivity index (χ4n) is 1.52. The summed E-state index contributed by atoms with van der Waals surface area (Å²) in [6, 6.07) is 4.36. The zero-order valence-corrected chi connectivity index (χ0v) is 12.0. The number of carbonyl (C=O) groups is 1. The third kappa shape index (κ3) is 3.02. The molecule has 2 aromatic rings. The van der Waals surface area contributed by atoms with Crippen molar-refractivity contribution in [3.63, 3.8) is 0 Å². The molecule has 0 saturated carbocycles. The van der Waals surface area contributed by atoms with Crippen LogP contribution in [0.15, 0.2) is 22.7 Å². The number of hydrogen-bond acceptors (Lipinski definition) is 5.